The van der Waals surface area contributed by atoms with Crippen LogP contribution in [0.1, 0.15) is 53.8 Å². The van der Waals surface area contributed by atoms with E-state index in [1.165, 1.54) is 11.1 Å². The largest absolute Gasteiger partial charge is 0.307 e. The van der Waals surface area contributed by atoms with Gasteiger partial charge in [-0.05, 0) is 71.9 Å². The molecule has 0 spiro atoms. The summed E-state index contributed by atoms with van der Waals surface area (Å²) in [5.74, 6) is 0.0184. The van der Waals surface area contributed by atoms with Crippen molar-refractivity contribution >= 4 is 17.4 Å². The first-order valence-electron chi connectivity index (χ1n) is 13.6. The molecule has 39 heavy (non-hydrogen) atoms. The van der Waals surface area contributed by atoms with Crippen LogP contribution in [0.5, 0.6) is 0 Å². The van der Waals surface area contributed by atoms with Crippen LogP contribution < -0.4 is 10.9 Å². The van der Waals surface area contributed by atoms with Gasteiger partial charge in [0.25, 0.3) is 5.56 Å². The van der Waals surface area contributed by atoms with Gasteiger partial charge in [-0.15, -0.1) is 0 Å². The second-order valence-corrected chi connectivity index (χ2v) is 11.2. The van der Waals surface area contributed by atoms with Gasteiger partial charge < -0.3 is 5.32 Å². The first-order chi connectivity index (χ1) is 19.0. The minimum atomic E-state index is -0.179. The van der Waals surface area contributed by atoms with Crippen LogP contribution in [0.3, 0.4) is 0 Å². The van der Waals surface area contributed by atoms with Crippen molar-refractivity contribution in [3.8, 4) is 11.3 Å². The number of Topliss-reactive ketones (excluding diaryl/α,β-unsaturated/α-hetero) is 1. The molecule has 0 bridgehead atoms. The van der Waals surface area contributed by atoms with Gasteiger partial charge in [-0.1, -0.05) is 60.1 Å². The average Bonchev–Trinajstić information content (AvgIpc) is 3.60. The summed E-state index contributed by atoms with van der Waals surface area (Å²) in [5.41, 5.74) is 6.55. The maximum Gasteiger partial charge on any atom is 0.273 e. The summed E-state index contributed by atoms with van der Waals surface area (Å²) in [6, 6.07) is 19.9. The number of nitrogens with one attached hydrogen (secondary N) is 1. The number of carbonyl (C=O) groups is 1. The summed E-state index contributed by atoms with van der Waals surface area (Å²) in [7, 11) is 0. The summed E-state index contributed by atoms with van der Waals surface area (Å²) in [4.78, 5) is 36.1. The van der Waals surface area contributed by atoms with Gasteiger partial charge in [0.2, 0.25) is 0 Å². The lowest BCUT2D eigenvalue weighted by Gasteiger charge is -2.17. The second-order valence-electron chi connectivity index (χ2n) is 10.7. The maximum atomic E-state index is 13.7. The van der Waals surface area contributed by atoms with Crippen LogP contribution in [-0.4, -0.2) is 20.3 Å². The predicted molar refractivity (Wildman–Crippen MR) is 153 cm³/mol. The zero-order valence-corrected chi connectivity index (χ0v) is 22.6. The third kappa shape index (κ3) is 5.58. The third-order valence-corrected chi connectivity index (χ3v) is 8.35. The summed E-state index contributed by atoms with van der Waals surface area (Å²) in [6.07, 6.45) is 8.17. The summed E-state index contributed by atoms with van der Waals surface area (Å²) < 4.78 is 1.62. The Balaban J connectivity index is 1.21. The smallest absolute Gasteiger partial charge is 0.273 e. The molecule has 1 N–H and O–H groups in total. The van der Waals surface area contributed by atoms with Crippen molar-refractivity contribution in [2.45, 2.75) is 63.6 Å². The number of rotatable bonds is 10. The van der Waals surface area contributed by atoms with Crippen LogP contribution >= 0.6 is 11.6 Å². The van der Waals surface area contributed by atoms with Crippen LogP contribution in [0, 0.1) is 0 Å². The molecule has 2 aromatic heterocycles. The van der Waals surface area contributed by atoms with Crippen LogP contribution in [-0.2, 0) is 42.7 Å². The number of hydrogen-bond acceptors (Lipinski definition) is 5. The average molecular weight is 539 g/mol. The Morgan fingerprint density at radius 2 is 1.77 bits per heavy atom. The van der Waals surface area contributed by atoms with Crippen LogP contribution in [0.25, 0.3) is 11.3 Å². The van der Waals surface area contributed by atoms with Gasteiger partial charge >= 0.3 is 0 Å². The molecular weight excluding hydrogens is 508 g/mol. The van der Waals surface area contributed by atoms with E-state index in [4.69, 9.17) is 11.6 Å². The van der Waals surface area contributed by atoms with Gasteiger partial charge in [-0.3, -0.25) is 24.1 Å². The number of pyridine rings is 1. The molecule has 0 unspecified atom stereocenters. The third-order valence-electron chi connectivity index (χ3n) is 8.10. The first-order valence-corrected chi connectivity index (χ1v) is 14.0. The van der Waals surface area contributed by atoms with Gasteiger partial charge in [-0.25, -0.2) is 0 Å². The number of aryl methyl sites for hydroxylation is 2. The highest BCUT2D eigenvalue weighted by molar-refractivity contribution is 6.30. The van der Waals surface area contributed by atoms with Crippen molar-refractivity contribution in [3.63, 3.8) is 0 Å². The molecule has 2 aromatic carbocycles. The fourth-order valence-electron chi connectivity index (χ4n) is 5.58. The number of carbonyl (C=O) groups excluding carboxylic acids is 1. The zero-order chi connectivity index (χ0) is 26.8. The topological polar surface area (TPSA) is 76.9 Å². The van der Waals surface area contributed by atoms with E-state index in [1.807, 2.05) is 48.7 Å². The van der Waals surface area contributed by atoms with E-state index in [-0.39, 0.29) is 23.3 Å². The number of benzene rings is 2. The molecule has 4 aromatic rings. The van der Waals surface area contributed by atoms with E-state index < -0.39 is 0 Å². The number of halogens is 1. The van der Waals surface area contributed by atoms with Crippen LogP contribution in [0.4, 0.5) is 0 Å². The minimum Gasteiger partial charge on any atom is -0.307 e. The highest BCUT2D eigenvalue weighted by atomic mass is 35.5. The predicted octanol–water partition coefficient (Wildman–Crippen LogP) is 5.43. The van der Waals surface area contributed by atoms with Crippen molar-refractivity contribution in [1.29, 1.82) is 0 Å². The molecule has 6 rings (SSSR count). The molecule has 1 fully saturated rings. The zero-order valence-electron chi connectivity index (χ0n) is 21.8. The Morgan fingerprint density at radius 3 is 2.54 bits per heavy atom. The molecule has 1 aliphatic heterocycles. The lowest BCUT2D eigenvalue weighted by atomic mass is 9.90. The normalized spacial score (nSPS) is 15.2. The first kappa shape index (κ1) is 25.7. The lowest BCUT2D eigenvalue weighted by molar-refractivity contribution is -0.119. The van der Waals surface area contributed by atoms with E-state index in [1.54, 1.807) is 10.8 Å². The molecule has 6 nitrogen and oxygen atoms in total. The minimum absolute atomic E-state index is 0.0184. The fraction of sp³-hybridized carbons (Fsp3) is 0.312. The number of aromatic nitrogens is 3. The van der Waals surface area contributed by atoms with Crippen LogP contribution in [0.2, 0.25) is 5.02 Å². The van der Waals surface area contributed by atoms with Gasteiger partial charge in [0, 0.05) is 30.7 Å². The molecule has 0 atom stereocenters. The van der Waals surface area contributed by atoms with Gasteiger partial charge in [0.1, 0.15) is 5.69 Å². The summed E-state index contributed by atoms with van der Waals surface area (Å²) in [5, 5.41) is 4.03. The lowest BCUT2D eigenvalue weighted by Crippen LogP contribution is -2.30. The molecule has 1 saturated carbocycles. The second kappa shape index (κ2) is 10.9. The molecule has 198 valence electrons. The summed E-state index contributed by atoms with van der Waals surface area (Å²) >= 11 is 6.09. The molecule has 2 aliphatic rings. The van der Waals surface area contributed by atoms with Crippen molar-refractivity contribution in [1.82, 2.24) is 19.9 Å². The highest BCUT2D eigenvalue weighted by Crippen LogP contribution is 2.51. The monoisotopic (exact) mass is 538 g/mol. The van der Waals surface area contributed by atoms with Gasteiger partial charge in [-0.2, -0.15) is 0 Å². The van der Waals surface area contributed by atoms with E-state index >= 15 is 0 Å². The summed E-state index contributed by atoms with van der Waals surface area (Å²) in [6.45, 7) is 1.64. The van der Waals surface area contributed by atoms with Crippen molar-refractivity contribution in [2.24, 2.45) is 0 Å². The molecule has 0 saturated heterocycles. The maximum absolute atomic E-state index is 13.7. The SMILES string of the molecule is O=C(CCc1cnc2c(c1)CNC2)Cn1c(-c2ccccc2)cnc(CCC2(c3ccc(Cl)cc3)CC2)c1=O. The molecule has 7 heteroatoms. The molecule has 0 amide bonds. The van der Waals surface area contributed by atoms with E-state index in [0.717, 1.165) is 54.2 Å². The quantitative estimate of drug-likeness (QED) is 0.291. The molecular formula is C32H31ClN4O2. The molecule has 0 radical (unpaired) electrons. The Kier molecular flexibility index (Phi) is 7.15. The van der Waals surface area contributed by atoms with E-state index in [9.17, 15) is 9.59 Å². The van der Waals surface area contributed by atoms with Gasteiger partial charge in [0.15, 0.2) is 5.78 Å². The molecule has 1 aliphatic carbocycles. The van der Waals surface area contributed by atoms with Crippen molar-refractivity contribution < 1.29 is 4.79 Å². The van der Waals surface area contributed by atoms with E-state index in [0.29, 0.717) is 30.7 Å². The standard InChI is InChI=1S/C32H31ClN4O2/c33-26-9-7-25(8-10-26)32(14-15-32)13-12-28-31(39)37(30(20-36-28)23-4-2-1-3-5-23)21-27(38)11-6-22-16-24-18-34-19-29(24)35-17-22/h1-5,7-10,16-17,20,34H,6,11-15,18-19,21H2. The Bertz CT molecular complexity index is 1560. The Morgan fingerprint density at radius 1 is 0.974 bits per heavy atom. The highest BCUT2D eigenvalue weighted by Gasteiger charge is 2.43. The Labute approximate surface area is 233 Å². The number of hydrogen-bond donors (Lipinski definition) is 1. The molecule has 3 heterocycles. The van der Waals surface area contributed by atoms with Crippen LogP contribution in [0.15, 0.2) is 77.9 Å². The van der Waals surface area contributed by atoms with E-state index in [2.05, 4.69) is 33.5 Å². The number of fused-ring (bicyclic) bond motifs is 1. The van der Waals surface area contributed by atoms with Crippen molar-refractivity contribution in [3.05, 3.63) is 117 Å². The van der Waals surface area contributed by atoms with Crippen molar-refractivity contribution in [2.75, 3.05) is 0 Å². The van der Waals surface area contributed by atoms with Gasteiger partial charge in [0.05, 0.1) is 24.1 Å². The number of ketones is 1. The Hall–Kier alpha value is -3.61. The number of nitrogens with zero attached hydrogens (tertiary/aromatic N) is 3. The fourth-order valence-corrected chi connectivity index (χ4v) is 5.71.